The highest BCUT2D eigenvalue weighted by molar-refractivity contribution is 5.87. The van der Waals surface area contributed by atoms with Crippen LogP contribution in [0.2, 0.25) is 0 Å². The zero-order chi connectivity index (χ0) is 15.1. The number of aromatic carboxylic acids is 1. The first-order chi connectivity index (χ1) is 10.2. The molecule has 0 spiro atoms. The van der Waals surface area contributed by atoms with Gasteiger partial charge in [-0.15, -0.1) is 0 Å². The van der Waals surface area contributed by atoms with Gasteiger partial charge in [0.2, 0.25) is 0 Å². The van der Waals surface area contributed by atoms with Crippen molar-refractivity contribution >= 4 is 5.97 Å². The van der Waals surface area contributed by atoms with E-state index in [4.69, 9.17) is 5.11 Å². The highest BCUT2D eigenvalue weighted by Gasteiger charge is 2.08. The van der Waals surface area contributed by atoms with E-state index in [9.17, 15) is 4.79 Å². The monoisotopic (exact) mass is 283 g/mol. The Morgan fingerprint density at radius 3 is 2.48 bits per heavy atom. The zero-order valence-electron chi connectivity index (χ0n) is 12.3. The van der Waals surface area contributed by atoms with Gasteiger partial charge >= 0.3 is 5.97 Å². The summed E-state index contributed by atoms with van der Waals surface area (Å²) in [5.41, 5.74) is 2.66. The van der Waals surface area contributed by atoms with Crippen LogP contribution in [0.1, 0.15) is 34.8 Å². The number of nitrogens with one attached hydrogen (secondary N) is 1. The van der Waals surface area contributed by atoms with Crippen LogP contribution in [0.5, 0.6) is 0 Å². The second-order valence-electron chi connectivity index (χ2n) is 5.18. The van der Waals surface area contributed by atoms with E-state index in [-0.39, 0.29) is 0 Å². The van der Waals surface area contributed by atoms with E-state index in [1.165, 1.54) is 5.56 Å². The van der Waals surface area contributed by atoms with Crippen molar-refractivity contribution < 1.29 is 9.90 Å². The van der Waals surface area contributed by atoms with Crippen molar-refractivity contribution in [2.75, 3.05) is 0 Å². The van der Waals surface area contributed by atoms with Gasteiger partial charge in [-0.1, -0.05) is 49.4 Å². The minimum atomic E-state index is -0.881. The molecule has 3 heteroatoms. The van der Waals surface area contributed by atoms with Crippen LogP contribution in [0.25, 0.3) is 0 Å². The molecule has 0 aliphatic carbocycles. The third-order valence-electron chi connectivity index (χ3n) is 3.59. The minimum absolute atomic E-state index is 0.338. The quantitative estimate of drug-likeness (QED) is 0.817. The molecule has 3 nitrogen and oxygen atoms in total. The summed E-state index contributed by atoms with van der Waals surface area (Å²) in [6.45, 7) is 2.85. The first-order valence-electron chi connectivity index (χ1n) is 7.28. The van der Waals surface area contributed by atoms with Crippen LogP contribution in [-0.2, 0) is 13.0 Å². The van der Waals surface area contributed by atoms with Crippen LogP contribution in [0, 0.1) is 0 Å². The third kappa shape index (κ3) is 4.72. The number of hydrogen-bond donors (Lipinski definition) is 2. The first-order valence-corrected chi connectivity index (χ1v) is 7.28. The predicted molar refractivity (Wildman–Crippen MR) is 84.5 cm³/mol. The zero-order valence-corrected chi connectivity index (χ0v) is 12.3. The fourth-order valence-electron chi connectivity index (χ4n) is 2.34. The SMILES string of the molecule is CCC(Cc1ccccc1)NCc1cccc(C(=O)O)c1. The van der Waals surface area contributed by atoms with E-state index in [0.717, 1.165) is 18.4 Å². The van der Waals surface area contributed by atoms with Crippen molar-refractivity contribution in [1.29, 1.82) is 0 Å². The Bertz CT molecular complexity index is 581. The molecule has 0 saturated carbocycles. The lowest BCUT2D eigenvalue weighted by atomic mass is 10.0. The first kappa shape index (κ1) is 15.3. The van der Waals surface area contributed by atoms with Crippen LogP contribution >= 0.6 is 0 Å². The van der Waals surface area contributed by atoms with Gasteiger partial charge in [-0.25, -0.2) is 4.79 Å². The van der Waals surface area contributed by atoms with Gasteiger partial charge in [-0.05, 0) is 36.1 Å². The predicted octanol–water partition coefficient (Wildman–Crippen LogP) is 3.50. The van der Waals surface area contributed by atoms with Crippen LogP contribution < -0.4 is 5.32 Å². The molecule has 21 heavy (non-hydrogen) atoms. The molecule has 2 rings (SSSR count). The van der Waals surface area contributed by atoms with Crippen LogP contribution in [0.15, 0.2) is 54.6 Å². The summed E-state index contributed by atoms with van der Waals surface area (Å²) in [5.74, 6) is -0.881. The summed E-state index contributed by atoms with van der Waals surface area (Å²) in [5, 5.41) is 12.5. The highest BCUT2D eigenvalue weighted by atomic mass is 16.4. The maximum Gasteiger partial charge on any atom is 0.335 e. The molecule has 110 valence electrons. The molecule has 1 atom stereocenters. The normalized spacial score (nSPS) is 12.0. The molecule has 0 heterocycles. The van der Waals surface area contributed by atoms with E-state index in [1.807, 2.05) is 12.1 Å². The van der Waals surface area contributed by atoms with Crippen LogP contribution in [-0.4, -0.2) is 17.1 Å². The second kappa shape index (κ2) is 7.60. The summed E-state index contributed by atoms with van der Waals surface area (Å²) >= 11 is 0. The van der Waals surface area contributed by atoms with Crippen molar-refractivity contribution in [3.8, 4) is 0 Å². The summed E-state index contributed by atoms with van der Waals surface area (Å²) < 4.78 is 0. The average Bonchev–Trinajstić information content (AvgIpc) is 2.52. The molecule has 1 unspecified atom stereocenters. The fraction of sp³-hybridized carbons (Fsp3) is 0.278. The Kier molecular flexibility index (Phi) is 5.52. The van der Waals surface area contributed by atoms with Gasteiger partial charge in [0.1, 0.15) is 0 Å². The number of carboxylic acids is 1. The van der Waals surface area contributed by atoms with Gasteiger partial charge in [0.05, 0.1) is 5.56 Å². The summed E-state index contributed by atoms with van der Waals surface area (Å²) in [7, 11) is 0. The standard InChI is InChI=1S/C18H21NO2/c1-2-17(12-14-7-4-3-5-8-14)19-13-15-9-6-10-16(11-15)18(20)21/h3-11,17,19H,2,12-13H2,1H3,(H,20,21). The number of carboxylic acid groups (broad SMARTS) is 1. The molecular weight excluding hydrogens is 262 g/mol. The van der Waals surface area contributed by atoms with Gasteiger partial charge in [0, 0.05) is 12.6 Å². The van der Waals surface area contributed by atoms with E-state index in [2.05, 4.69) is 36.5 Å². The van der Waals surface area contributed by atoms with E-state index in [1.54, 1.807) is 18.2 Å². The van der Waals surface area contributed by atoms with Crippen LogP contribution in [0.4, 0.5) is 0 Å². The Morgan fingerprint density at radius 1 is 1.10 bits per heavy atom. The number of benzene rings is 2. The molecule has 2 N–H and O–H groups in total. The van der Waals surface area contributed by atoms with Crippen molar-refractivity contribution in [2.45, 2.75) is 32.4 Å². The Morgan fingerprint density at radius 2 is 1.81 bits per heavy atom. The fourth-order valence-corrected chi connectivity index (χ4v) is 2.34. The van der Waals surface area contributed by atoms with Crippen molar-refractivity contribution in [1.82, 2.24) is 5.32 Å². The van der Waals surface area contributed by atoms with Crippen LogP contribution in [0.3, 0.4) is 0 Å². The van der Waals surface area contributed by atoms with E-state index < -0.39 is 5.97 Å². The molecule has 0 fully saturated rings. The number of hydrogen-bond acceptors (Lipinski definition) is 2. The van der Waals surface area contributed by atoms with E-state index >= 15 is 0 Å². The Hall–Kier alpha value is -2.13. The molecule has 0 aromatic heterocycles. The lowest BCUT2D eigenvalue weighted by Crippen LogP contribution is -2.30. The molecule has 0 bridgehead atoms. The third-order valence-corrected chi connectivity index (χ3v) is 3.59. The van der Waals surface area contributed by atoms with Gasteiger partial charge in [0.15, 0.2) is 0 Å². The molecular formula is C18H21NO2. The smallest absolute Gasteiger partial charge is 0.335 e. The largest absolute Gasteiger partial charge is 0.478 e. The summed E-state index contributed by atoms with van der Waals surface area (Å²) in [4.78, 5) is 11.0. The summed E-state index contributed by atoms with van der Waals surface area (Å²) in [6, 6.07) is 17.9. The summed E-state index contributed by atoms with van der Waals surface area (Å²) in [6.07, 6.45) is 2.02. The molecule has 0 radical (unpaired) electrons. The lowest BCUT2D eigenvalue weighted by Gasteiger charge is -2.17. The maximum atomic E-state index is 11.0. The average molecular weight is 283 g/mol. The molecule has 0 aliphatic rings. The second-order valence-corrected chi connectivity index (χ2v) is 5.18. The van der Waals surface area contributed by atoms with Gasteiger partial charge in [-0.3, -0.25) is 0 Å². The van der Waals surface area contributed by atoms with Crippen molar-refractivity contribution in [2.24, 2.45) is 0 Å². The van der Waals surface area contributed by atoms with Crippen molar-refractivity contribution in [3.63, 3.8) is 0 Å². The highest BCUT2D eigenvalue weighted by Crippen LogP contribution is 2.09. The lowest BCUT2D eigenvalue weighted by molar-refractivity contribution is 0.0696. The van der Waals surface area contributed by atoms with Gasteiger partial charge < -0.3 is 10.4 Å². The number of carbonyl (C=O) groups is 1. The molecule has 0 saturated heterocycles. The van der Waals surface area contributed by atoms with Crippen molar-refractivity contribution in [3.05, 3.63) is 71.3 Å². The minimum Gasteiger partial charge on any atom is -0.478 e. The van der Waals surface area contributed by atoms with Gasteiger partial charge in [0.25, 0.3) is 0 Å². The molecule has 2 aromatic rings. The van der Waals surface area contributed by atoms with Gasteiger partial charge in [-0.2, -0.15) is 0 Å². The molecule has 0 amide bonds. The topological polar surface area (TPSA) is 49.3 Å². The maximum absolute atomic E-state index is 11.0. The van der Waals surface area contributed by atoms with E-state index in [0.29, 0.717) is 18.2 Å². The Labute approximate surface area is 125 Å². The molecule has 0 aliphatic heterocycles. The number of rotatable bonds is 7. The Balaban J connectivity index is 1.94. The molecule has 2 aromatic carbocycles.